The predicted octanol–water partition coefficient (Wildman–Crippen LogP) is 5.95. The smallest absolute Gasteiger partial charge is 0.253 e. The Morgan fingerprint density at radius 3 is 2.26 bits per heavy atom. The Kier molecular flexibility index (Phi) is 6.00. The van der Waals surface area contributed by atoms with E-state index in [1.165, 1.54) is 49.5 Å². The third kappa shape index (κ3) is 4.97. The summed E-state index contributed by atoms with van der Waals surface area (Å²) in [6, 6.07) is 8.21. The van der Waals surface area contributed by atoms with E-state index in [0.29, 0.717) is 22.0 Å². The highest BCUT2D eigenvalue weighted by atomic mass is 32.2. The van der Waals surface area contributed by atoms with Crippen molar-refractivity contribution in [1.29, 1.82) is 0 Å². The molecule has 0 atom stereocenters. The molecule has 4 nitrogen and oxygen atoms in total. The minimum Gasteiger partial charge on any atom is -0.253 e. The minimum absolute atomic E-state index is 0.0485. The van der Waals surface area contributed by atoms with Crippen LogP contribution in [-0.4, -0.2) is 37.9 Å². The summed E-state index contributed by atoms with van der Waals surface area (Å²) in [7, 11) is 0. The molecule has 3 rings (SSSR count). The molecule has 31 heavy (non-hydrogen) atoms. The number of aryl methyl sites for hydroxylation is 1. The van der Waals surface area contributed by atoms with Crippen LogP contribution in [0.2, 0.25) is 0 Å². The molecule has 2 aromatic heterocycles. The van der Waals surface area contributed by atoms with Gasteiger partial charge in [-0.2, -0.15) is 35.1 Å². The number of rotatable bonds is 5. The first-order valence-electron chi connectivity index (χ1n) is 8.43. The molecule has 1 aromatic carbocycles. The van der Waals surface area contributed by atoms with Crippen molar-refractivity contribution in [2.45, 2.75) is 30.1 Å². The quantitative estimate of drug-likeness (QED) is 0.343. The first-order valence-corrected chi connectivity index (χ1v) is 9.42. The molecule has 0 N–H and O–H groups in total. The van der Waals surface area contributed by atoms with Crippen LogP contribution in [0.1, 0.15) is 11.4 Å². The lowest BCUT2D eigenvalue weighted by Crippen LogP contribution is -2.34. The molecule has 13 heteroatoms. The number of alkyl halides is 8. The number of hydrogen-bond donors (Lipinski definition) is 0. The van der Waals surface area contributed by atoms with Gasteiger partial charge in [-0.1, -0.05) is 12.1 Å². The van der Waals surface area contributed by atoms with Crippen LogP contribution in [0.4, 0.5) is 35.1 Å². The number of benzene rings is 1. The van der Waals surface area contributed by atoms with Gasteiger partial charge in [0, 0.05) is 11.1 Å². The van der Waals surface area contributed by atoms with Gasteiger partial charge in [0.05, 0.1) is 11.4 Å². The summed E-state index contributed by atoms with van der Waals surface area (Å²) in [5, 5.41) is 3.34. The van der Waals surface area contributed by atoms with Gasteiger partial charge >= 0.3 is 18.3 Å². The zero-order valence-corrected chi connectivity index (χ0v) is 16.3. The van der Waals surface area contributed by atoms with Crippen LogP contribution in [0.3, 0.4) is 0 Å². The van der Waals surface area contributed by atoms with Gasteiger partial charge < -0.3 is 0 Å². The molecule has 0 radical (unpaired) electrons. The van der Waals surface area contributed by atoms with Crippen LogP contribution in [0, 0.1) is 6.92 Å². The number of halogens is 8. The van der Waals surface area contributed by atoms with Crippen molar-refractivity contribution in [3.8, 4) is 17.2 Å². The highest BCUT2D eigenvalue weighted by Crippen LogP contribution is 2.43. The summed E-state index contributed by atoms with van der Waals surface area (Å²) >= 11 is 0.451. The van der Waals surface area contributed by atoms with Crippen molar-refractivity contribution in [2.75, 3.05) is 5.75 Å². The standard InChI is InChI=1S/C18H12F8N4S/c1-10-5-6-11(8-13(10)31-9-16(19,20)21)30-14(12-4-2-3-7-27-12)28-15(29-30)17(22,23)18(24,25)26/h2-8H,9H2,1H3. The van der Waals surface area contributed by atoms with Crippen LogP contribution < -0.4 is 0 Å². The average molecular weight is 468 g/mol. The Balaban J connectivity index is 2.14. The number of nitrogens with zero attached hydrogens (tertiary/aromatic N) is 4. The van der Waals surface area contributed by atoms with Gasteiger partial charge in [-0.25, -0.2) is 9.67 Å². The molecule has 0 aliphatic carbocycles. The monoisotopic (exact) mass is 468 g/mol. The van der Waals surface area contributed by atoms with E-state index in [1.54, 1.807) is 0 Å². The molecule has 0 bridgehead atoms. The van der Waals surface area contributed by atoms with E-state index in [1.807, 2.05) is 0 Å². The lowest BCUT2D eigenvalue weighted by molar-refractivity contribution is -0.292. The Bertz CT molecular complexity index is 1060. The lowest BCUT2D eigenvalue weighted by Gasteiger charge is -2.15. The van der Waals surface area contributed by atoms with Crippen LogP contribution in [-0.2, 0) is 5.92 Å². The van der Waals surface area contributed by atoms with Crippen molar-refractivity contribution in [2.24, 2.45) is 0 Å². The molecule has 2 heterocycles. The van der Waals surface area contributed by atoms with Gasteiger partial charge in [0.1, 0.15) is 5.69 Å². The molecule has 0 aliphatic rings. The maximum Gasteiger partial charge on any atom is 0.461 e. The fourth-order valence-electron chi connectivity index (χ4n) is 2.45. The number of thioether (sulfide) groups is 1. The van der Waals surface area contributed by atoms with E-state index in [0.717, 1.165) is 0 Å². The average Bonchev–Trinajstić information content (AvgIpc) is 3.12. The predicted molar refractivity (Wildman–Crippen MR) is 96.1 cm³/mol. The van der Waals surface area contributed by atoms with Gasteiger partial charge in [0.2, 0.25) is 5.82 Å². The first-order chi connectivity index (χ1) is 14.3. The maximum absolute atomic E-state index is 13.9. The fourth-order valence-corrected chi connectivity index (χ4v) is 3.27. The van der Waals surface area contributed by atoms with E-state index in [9.17, 15) is 35.1 Å². The largest absolute Gasteiger partial charge is 0.461 e. The van der Waals surface area contributed by atoms with E-state index < -0.39 is 35.7 Å². The molecule has 0 saturated heterocycles. The topological polar surface area (TPSA) is 43.6 Å². The maximum atomic E-state index is 13.9. The summed E-state index contributed by atoms with van der Waals surface area (Å²) in [6.07, 6.45) is -9.13. The fraction of sp³-hybridized carbons (Fsp3) is 0.278. The van der Waals surface area contributed by atoms with Gasteiger partial charge in [-0.05, 0) is 36.8 Å². The molecular formula is C18H12F8N4S. The Morgan fingerprint density at radius 2 is 1.68 bits per heavy atom. The van der Waals surface area contributed by atoms with Gasteiger partial charge in [0.25, 0.3) is 0 Å². The second kappa shape index (κ2) is 8.09. The van der Waals surface area contributed by atoms with Crippen LogP contribution >= 0.6 is 11.8 Å². The van der Waals surface area contributed by atoms with E-state index >= 15 is 0 Å². The Labute approximate surface area is 174 Å². The number of aromatic nitrogens is 4. The van der Waals surface area contributed by atoms with Gasteiger partial charge in [-0.15, -0.1) is 16.9 Å². The van der Waals surface area contributed by atoms with Gasteiger partial charge in [-0.3, -0.25) is 4.98 Å². The second-order valence-corrected chi connectivity index (χ2v) is 7.33. The van der Waals surface area contributed by atoms with E-state index in [2.05, 4.69) is 15.1 Å². The summed E-state index contributed by atoms with van der Waals surface area (Å²) in [5.74, 6) is -8.78. The number of hydrogen-bond acceptors (Lipinski definition) is 4. The van der Waals surface area contributed by atoms with E-state index in [-0.39, 0.29) is 16.3 Å². The summed E-state index contributed by atoms with van der Waals surface area (Å²) in [4.78, 5) is 7.42. The highest BCUT2D eigenvalue weighted by molar-refractivity contribution is 7.99. The molecule has 166 valence electrons. The zero-order valence-electron chi connectivity index (χ0n) is 15.5. The molecule has 0 amide bonds. The van der Waals surface area contributed by atoms with Crippen LogP contribution in [0.15, 0.2) is 47.5 Å². The SMILES string of the molecule is Cc1ccc(-n2nc(C(F)(F)C(F)(F)F)nc2-c2ccccn2)cc1SCC(F)(F)F. The van der Waals surface area contributed by atoms with Crippen molar-refractivity contribution in [3.63, 3.8) is 0 Å². The van der Waals surface area contributed by atoms with Crippen molar-refractivity contribution in [1.82, 2.24) is 19.7 Å². The molecule has 3 aromatic rings. The minimum atomic E-state index is -5.94. The highest BCUT2D eigenvalue weighted by Gasteiger charge is 2.62. The second-order valence-electron chi connectivity index (χ2n) is 6.31. The molecule has 0 unspecified atom stereocenters. The van der Waals surface area contributed by atoms with Crippen molar-refractivity contribution < 1.29 is 35.1 Å². The molecule has 0 aliphatic heterocycles. The Hall–Kier alpha value is -2.70. The van der Waals surface area contributed by atoms with Gasteiger partial charge in [0.15, 0.2) is 5.82 Å². The molecule has 0 saturated carbocycles. The summed E-state index contributed by atoms with van der Waals surface area (Å²) in [6.45, 7) is 1.53. The Morgan fingerprint density at radius 1 is 0.968 bits per heavy atom. The zero-order chi connectivity index (χ0) is 23.0. The molecular weight excluding hydrogens is 456 g/mol. The third-order valence-electron chi connectivity index (χ3n) is 3.95. The van der Waals surface area contributed by atoms with E-state index in [4.69, 9.17) is 0 Å². The summed E-state index contributed by atoms with van der Waals surface area (Å²) in [5.41, 5.74) is 0.357. The van der Waals surface area contributed by atoms with Crippen molar-refractivity contribution in [3.05, 3.63) is 54.0 Å². The van der Waals surface area contributed by atoms with Crippen LogP contribution in [0.5, 0.6) is 0 Å². The first kappa shape index (κ1) is 23.0. The number of pyridine rings is 1. The molecule has 0 spiro atoms. The summed E-state index contributed by atoms with van der Waals surface area (Å²) < 4.78 is 105. The van der Waals surface area contributed by atoms with Crippen LogP contribution in [0.25, 0.3) is 17.2 Å². The third-order valence-corrected chi connectivity index (χ3v) is 5.17. The molecule has 0 fully saturated rings. The normalized spacial score (nSPS) is 12.9. The lowest BCUT2D eigenvalue weighted by atomic mass is 10.2. The van der Waals surface area contributed by atoms with Crippen molar-refractivity contribution >= 4 is 11.8 Å².